The maximum Gasteiger partial charge on any atom is 0.133 e. The Bertz CT molecular complexity index is 576. The Morgan fingerprint density at radius 2 is 1.76 bits per heavy atom. The van der Waals surface area contributed by atoms with Gasteiger partial charge >= 0.3 is 0 Å². The summed E-state index contributed by atoms with van der Waals surface area (Å²) in [4.78, 5) is 11.0. The molecule has 0 atom stereocenters. The summed E-state index contributed by atoms with van der Waals surface area (Å²) < 4.78 is 0. The first-order chi connectivity index (χ1) is 10.2. The van der Waals surface area contributed by atoms with Gasteiger partial charge in [-0.2, -0.15) is 0 Å². The monoisotopic (exact) mass is 284 g/mol. The molecule has 21 heavy (non-hydrogen) atoms. The first-order valence-electron chi connectivity index (χ1n) is 7.52. The Kier molecular flexibility index (Phi) is 5.14. The summed E-state index contributed by atoms with van der Waals surface area (Å²) in [5.41, 5.74) is 4.58. The van der Waals surface area contributed by atoms with Crippen molar-refractivity contribution in [1.82, 2.24) is 9.97 Å². The van der Waals surface area contributed by atoms with Crippen LogP contribution in [0.4, 0.5) is 11.5 Å². The Hall–Kier alpha value is -2.10. The maximum atomic E-state index is 4.52. The van der Waals surface area contributed by atoms with Gasteiger partial charge in [0.25, 0.3) is 0 Å². The number of nitrogens with zero attached hydrogens (tertiary/aromatic N) is 3. The van der Waals surface area contributed by atoms with E-state index in [1.54, 1.807) is 6.33 Å². The number of nitrogens with one attached hydrogen (secondary N) is 1. The van der Waals surface area contributed by atoms with Gasteiger partial charge in [-0.3, -0.25) is 0 Å². The van der Waals surface area contributed by atoms with Gasteiger partial charge in [0, 0.05) is 37.5 Å². The third-order valence-corrected chi connectivity index (χ3v) is 3.45. The van der Waals surface area contributed by atoms with Gasteiger partial charge in [0.05, 0.1) is 5.69 Å². The van der Waals surface area contributed by atoms with Gasteiger partial charge in [0.2, 0.25) is 0 Å². The lowest BCUT2D eigenvalue weighted by Gasteiger charge is -2.15. The fourth-order valence-electron chi connectivity index (χ4n) is 2.39. The molecule has 0 fully saturated rings. The zero-order valence-corrected chi connectivity index (χ0v) is 13.3. The minimum atomic E-state index is 0.868. The van der Waals surface area contributed by atoms with Crippen LogP contribution < -0.4 is 10.2 Å². The molecule has 1 aromatic heterocycles. The summed E-state index contributed by atoms with van der Waals surface area (Å²) >= 11 is 0. The van der Waals surface area contributed by atoms with Crippen molar-refractivity contribution in [2.75, 3.05) is 30.9 Å². The zero-order valence-electron chi connectivity index (χ0n) is 13.3. The van der Waals surface area contributed by atoms with Crippen LogP contribution in [0.5, 0.6) is 0 Å². The van der Waals surface area contributed by atoms with Gasteiger partial charge in [0.15, 0.2) is 0 Å². The van der Waals surface area contributed by atoms with Crippen LogP contribution in [0.2, 0.25) is 0 Å². The molecule has 1 aromatic carbocycles. The van der Waals surface area contributed by atoms with E-state index in [0.29, 0.717) is 0 Å². The van der Waals surface area contributed by atoms with Crippen molar-refractivity contribution >= 4 is 11.5 Å². The minimum absolute atomic E-state index is 0.868. The van der Waals surface area contributed by atoms with Crippen LogP contribution in [0, 0.1) is 0 Å². The van der Waals surface area contributed by atoms with E-state index in [1.165, 1.54) is 11.3 Å². The normalized spacial score (nSPS) is 10.5. The smallest absolute Gasteiger partial charge is 0.133 e. The summed E-state index contributed by atoms with van der Waals surface area (Å²) in [5, 5.41) is 3.34. The summed E-state index contributed by atoms with van der Waals surface area (Å²) in [6.07, 6.45) is 3.70. The van der Waals surface area contributed by atoms with Crippen molar-refractivity contribution < 1.29 is 0 Å². The van der Waals surface area contributed by atoms with E-state index in [0.717, 1.165) is 36.5 Å². The molecule has 0 aliphatic heterocycles. The second-order valence-corrected chi connectivity index (χ2v) is 5.27. The highest BCUT2D eigenvalue weighted by Gasteiger charge is 2.12. The molecule has 2 aromatic rings. The molecule has 0 aliphatic carbocycles. The average molecular weight is 284 g/mol. The van der Waals surface area contributed by atoms with E-state index < -0.39 is 0 Å². The standard InChI is InChI=1S/C17H24N4/c1-5-7-15-16(19-12-20-17(15)18-6-2)13-8-10-14(11-9-13)21(3)4/h8-12H,5-7H2,1-4H3,(H,18,19,20). The Balaban J connectivity index is 2.44. The van der Waals surface area contributed by atoms with Crippen LogP contribution in [-0.2, 0) is 6.42 Å². The second kappa shape index (κ2) is 7.07. The van der Waals surface area contributed by atoms with E-state index in [-0.39, 0.29) is 0 Å². The molecular formula is C17H24N4. The number of rotatable bonds is 6. The lowest BCUT2D eigenvalue weighted by molar-refractivity contribution is 0.902. The number of hydrogen-bond donors (Lipinski definition) is 1. The van der Waals surface area contributed by atoms with E-state index in [4.69, 9.17) is 0 Å². The second-order valence-electron chi connectivity index (χ2n) is 5.27. The lowest BCUT2D eigenvalue weighted by atomic mass is 10.0. The first-order valence-corrected chi connectivity index (χ1v) is 7.52. The molecule has 0 radical (unpaired) electrons. The molecule has 0 amide bonds. The Labute approximate surface area is 127 Å². The quantitative estimate of drug-likeness (QED) is 0.880. The molecule has 0 bridgehead atoms. The molecule has 1 N–H and O–H groups in total. The van der Waals surface area contributed by atoms with Gasteiger partial charge in [0.1, 0.15) is 12.1 Å². The topological polar surface area (TPSA) is 41.1 Å². The fraction of sp³-hybridized carbons (Fsp3) is 0.412. The molecule has 0 saturated carbocycles. The zero-order chi connectivity index (χ0) is 15.2. The van der Waals surface area contributed by atoms with Gasteiger partial charge in [-0.05, 0) is 25.5 Å². The molecule has 0 aliphatic rings. The first kappa shape index (κ1) is 15.3. The van der Waals surface area contributed by atoms with E-state index in [2.05, 4.69) is 58.3 Å². The molecule has 0 unspecified atom stereocenters. The number of aromatic nitrogens is 2. The lowest BCUT2D eigenvalue weighted by Crippen LogP contribution is -2.08. The molecule has 2 rings (SSSR count). The molecule has 112 valence electrons. The highest BCUT2D eigenvalue weighted by atomic mass is 15.1. The molecular weight excluding hydrogens is 260 g/mol. The molecule has 4 nitrogen and oxygen atoms in total. The van der Waals surface area contributed by atoms with Crippen LogP contribution in [-0.4, -0.2) is 30.6 Å². The van der Waals surface area contributed by atoms with Gasteiger partial charge in [-0.25, -0.2) is 9.97 Å². The minimum Gasteiger partial charge on any atom is -0.378 e. The van der Waals surface area contributed by atoms with E-state index in [9.17, 15) is 0 Å². The average Bonchev–Trinajstić information content (AvgIpc) is 2.49. The molecule has 0 saturated heterocycles. The summed E-state index contributed by atoms with van der Waals surface area (Å²) in [6.45, 7) is 5.14. The van der Waals surface area contributed by atoms with Crippen LogP contribution in [0.1, 0.15) is 25.8 Å². The maximum absolute atomic E-state index is 4.52. The van der Waals surface area contributed by atoms with Crippen molar-refractivity contribution in [3.63, 3.8) is 0 Å². The van der Waals surface area contributed by atoms with Crippen molar-refractivity contribution in [3.8, 4) is 11.3 Å². The predicted molar refractivity (Wildman–Crippen MR) is 90.0 cm³/mol. The summed E-state index contributed by atoms with van der Waals surface area (Å²) in [6, 6.07) is 8.51. The van der Waals surface area contributed by atoms with Gasteiger partial charge in [-0.15, -0.1) is 0 Å². The molecule has 0 spiro atoms. The predicted octanol–water partition coefficient (Wildman–Crippen LogP) is 3.59. The van der Waals surface area contributed by atoms with Crippen molar-refractivity contribution in [1.29, 1.82) is 0 Å². The Morgan fingerprint density at radius 3 is 2.33 bits per heavy atom. The molecule has 1 heterocycles. The van der Waals surface area contributed by atoms with Crippen molar-refractivity contribution in [3.05, 3.63) is 36.2 Å². The van der Waals surface area contributed by atoms with Crippen LogP contribution >= 0.6 is 0 Å². The van der Waals surface area contributed by atoms with Crippen molar-refractivity contribution in [2.45, 2.75) is 26.7 Å². The number of benzene rings is 1. The molecule has 4 heteroatoms. The SMILES string of the molecule is CCCc1c(NCC)ncnc1-c1ccc(N(C)C)cc1. The van der Waals surface area contributed by atoms with Gasteiger partial charge < -0.3 is 10.2 Å². The summed E-state index contributed by atoms with van der Waals surface area (Å²) in [5.74, 6) is 0.959. The van der Waals surface area contributed by atoms with Crippen LogP contribution in [0.3, 0.4) is 0 Å². The number of hydrogen-bond acceptors (Lipinski definition) is 4. The summed E-state index contributed by atoms with van der Waals surface area (Å²) in [7, 11) is 4.09. The Morgan fingerprint density at radius 1 is 1.05 bits per heavy atom. The number of anilines is 2. The highest BCUT2D eigenvalue weighted by molar-refractivity contribution is 5.70. The van der Waals surface area contributed by atoms with E-state index in [1.807, 2.05) is 14.1 Å². The largest absolute Gasteiger partial charge is 0.378 e. The fourth-order valence-corrected chi connectivity index (χ4v) is 2.39. The van der Waals surface area contributed by atoms with E-state index >= 15 is 0 Å². The highest BCUT2D eigenvalue weighted by Crippen LogP contribution is 2.28. The third-order valence-electron chi connectivity index (χ3n) is 3.45. The van der Waals surface area contributed by atoms with Crippen molar-refractivity contribution in [2.24, 2.45) is 0 Å². The van der Waals surface area contributed by atoms with Gasteiger partial charge in [-0.1, -0.05) is 25.5 Å². The van der Waals surface area contributed by atoms with Crippen LogP contribution in [0.25, 0.3) is 11.3 Å². The van der Waals surface area contributed by atoms with Crippen LogP contribution in [0.15, 0.2) is 30.6 Å². The third kappa shape index (κ3) is 3.51.